The van der Waals surface area contributed by atoms with Gasteiger partial charge in [0.1, 0.15) is 11.6 Å². The molecule has 0 aliphatic heterocycles. The smallest absolute Gasteiger partial charge is 0.133 e. The van der Waals surface area contributed by atoms with Crippen LogP contribution in [-0.4, -0.2) is 12.1 Å². The second kappa shape index (κ2) is 5.59. The zero-order chi connectivity index (χ0) is 13.1. The Hall–Kier alpha value is -1.26. The number of nitrogens with one attached hydrogen (secondary N) is 1. The second-order valence-corrected chi connectivity index (χ2v) is 5.11. The average Bonchev–Trinajstić information content (AvgIpc) is 2.34. The third-order valence-electron chi connectivity index (χ3n) is 2.47. The van der Waals surface area contributed by atoms with Gasteiger partial charge in [0, 0.05) is 16.7 Å². The number of nitrogens with zero attached hydrogens (tertiary/aromatic N) is 1. The van der Waals surface area contributed by atoms with Crippen LogP contribution in [-0.2, 0) is 0 Å². The topological polar surface area (TPSA) is 34.1 Å². The highest BCUT2D eigenvalue weighted by atomic mass is 79.9. The van der Waals surface area contributed by atoms with Crippen molar-refractivity contribution < 1.29 is 4.74 Å². The van der Waals surface area contributed by atoms with Gasteiger partial charge in [-0.05, 0) is 46.6 Å². The lowest BCUT2D eigenvalue weighted by Gasteiger charge is -2.11. The molecule has 2 aromatic rings. The van der Waals surface area contributed by atoms with E-state index in [0.717, 1.165) is 27.3 Å². The van der Waals surface area contributed by atoms with Gasteiger partial charge >= 0.3 is 0 Å². The van der Waals surface area contributed by atoms with Crippen molar-refractivity contribution in [3.63, 3.8) is 0 Å². The summed E-state index contributed by atoms with van der Waals surface area (Å²) < 4.78 is 6.06. The number of rotatable bonds is 3. The summed E-state index contributed by atoms with van der Waals surface area (Å²) in [4.78, 5) is 4.31. The van der Waals surface area contributed by atoms with Crippen LogP contribution in [0.2, 0.25) is 5.02 Å². The van der Waals surface area contributed by atoms with E-state index in [2.05, 4.69) is 26.2 Å². The first-order chi connectivity index (χ1) is 8.60. The van der Waals surface area contributed by atoms with Crippen molar-refractivity contribution in [2.45, 2.75) is 6.92 Å². The van der Waals surface area contributed by atoms with Crippen LogP contribution in [0.15, 0.2) is 34.9 Å². The molecule has 0 spiro atoms. The zero-order valence-electron chi connectivity index (χ0n) is 10.00. The normalized spacial score (nSPS) is 10.2. The van der Waals surface area contributed by atoms with Crippen molar-refractivity contribution >= 4 is 39.0 Å². The molecule has 0 bridgehead atoms. The van der Waals surface area contributed by atoms with Crippen LogP contribution in [0.3, 0.4) is 0 Å². The number of anilines is 2. The summed E-state index contributed by atoms with van der Waals surface area (Å²) in [5.74, 6) is 1.51. The van der Waals surface area contributed by atoms with Gasteiger partial charge in [-0.3, -0.25) is 0 Å². The number of pyridine rings is 1. The minimum atomic E-state index is 0.596. The molecule has 0 saturated carbocycles. The van der Waals surface area contributed by atoms with Crippen LogP contribution in [0, 0.1) is 6.92 Å². The fraction of sp³-hybridized carbons (Fsp3) is 0.154. The standard InChI is InChI=1S/C13H12BrClN2O/c1-8-5-9(14)7-16-13(8)17-12-4-3-10(18-2)6-11(12)15/h3-7H,1-2H3,(H,16,17). The molecule has 2 rings (SSSR count). The number of halogens is 2. The zero-order valence-corrected chi connectivity index (χ0v) is 12.3. The Morgan fingerprint density at radius 1 is 1.33 bits per heavy atom. The summed E-state index contributed by atoms with van der Waals surface area (Å²) in [6.07, 6.45) is 1.74. The molecule has 1 aromatic heterocycles. The number of benzene rings is 1. The van der Waals surface area contributed by atoms with Gasteiger partial charge in [-0.15, -0.1) is 0 Å². The summed E-state index contributed by atoms with van der Waals surface area (Å²) in [5, 5.41) is 3.80. The molecule has 1 aromatic carbocycles. The highest BCUT2D eigenvalue weighted by Gasteiger charge is 2.05. The van der Waals surface area contributed by atoms with E-state index < -0.39 is 0 Å². The molecule has 0 atom stereocenters. The summed E-state index contributed by atoms with van der Waals surface area (Å²) >= 11 is 9.54. The molecule has 1 N–H and O–H groups in total. The molecule has 0 amide bonds. The van der Waals surface area contributed by atoms with E-state index in [1.54, 1.807) is 19.4 Å². The summed E-state index contributed by atoms with van der Waals surface area (Å²) in [5.41, 5.74) is 1.84. The van der Waals surface area contributed by atoms with Crippen molar-refractivity contribution in [2.75, 3.05) is 12.4 Å². The molecule has 0 aliphatic rings. The Morgan fingerprint density at radius 3 is 2.72 bits per heavy atom. The fourth-order valence-electron chi connectivity index (χ4n) is 1.52. The molecular weight excluding hydrogens is 316 g/mol. The molecule has 0 radical (unpaired) electrons. The van der Waals surface area contributed by atoms with E-state index in [0.29, 0.717) is 5.02 Å². The first-order valence-corrected chi connectivity index (χ1v) is 6.50. The molecule has 0 saturated heterocycles. The summed E-state index contributed by atoms with van der Waals surface area (Å²) in [6.45, 7) is 1.98. The van der Waals surface area contributed by atoms with Crippen LogP contribution in [0.25, 0.3) is 0 Å². The highest BCUT2D eigenvalue weighted by molar-refractivity contribution is 9.10. The Kier molecular flexibility index (Phi) is 4.09. The fourth-order valence-corrected chi connectivity index (χ4v) is 2.19. The maximum atomic E-state index is 6.16. The predicted octanol–water partition coefficient (Wildman–Crippen LogP) is 4.56. The number of aromatic nitrogens is 1. The predicted molar refractivity (Wildman–Crippen MR) is 78.0 cm³/mol. The van der Waals surface area contributed by atoms with Crippen molar-refractivity contribution in [3.05, 3.63) is 45.5 Å². The Bertz CT molecular complexity index is 575. The first kappa shape index (κ1) is 13.2. The lowest BCUT2D eigenvalue weighted by molar-refractivity contribution is 0.415. The van der Waals surface area contributed by atoms with Crippen LogP contribution in [0.5, 0.6) is 5.75 Å². The lowest BCUT2D eigenvalue weighted by atomic mass is 10.2. The van der Waals surface area contributed by atoms with Crippen LogP contribution in [0.1, 0.15) is 5.56 Å². The average molecular weight is 328 g/mol. The third kappa shape index (κ3) is 2.94. The molecule has 18 heavy (non-hydrogen) atoms. The van der Waals surface area contributed by atoms with E-state index in [9.17, 15) is 0 Å². The van der Waals surface area contributed by atoms with Gasteiger partial charge in [-0.2, -0.15) is 0 Å². The molecule has 1 heterocycles. The van der Waals surface area contributed by atoms with Gasteiger partial charge < -0.3 is 10.1 Å². The number of methoxy groups -OCH3 is 1. The van der Waals surface area contributed by atoms with Crippen molar-refractivity contribution in [3.8, 4) is 5.75 Å². The van der Waals surface area contributed by atoms with Crippen molar-refractivity contribution in [1.29, 1.82) is 0 Å². The van der Waals surface area contributed by atoms with Gasteiger partial charge in [0.2, 0.25) is 0 Å². The Labute approximate surface area is 119 Å². The SMILES string of the molecule is COc1ccc(Nc2ncc(Br)cc2C)c(Cl)c1. The van der Waals surface area contributed by atoms with Gasteiger partial charge in [0.25, 0.3) is 0 Å². The second-order valence-electron chi connectivity index (χ2n) is 3.79. The van der Waals surface area contributed by atoms with Crippen molar-refractivity contribution in [1.82, 2.24) is 4.98 Å². The number of ether oxygens (including phenoxy) is 1. The van der Waals surface area contributed by atoms with E-state index >= 15 is 0 Å². The minimum absolute atomic E-state index is 0.596. The Morgan fingerprint density at radius 2 is 2.11 bits per heavy atom. The van der Waals surface area contributed by atoms with E-state index in [4.69, 9.17) is 16.3 Å². The van der Waals surface area contributed by atoms with E-state index in [1.807, 2.05) is 25.1 Å². The largest absolute Gasteiger partial charge is 0.497 e. The van der Waals surface area contributed by atoms with Gasteiger partial charge in [-0.25, -0.2) is 4.98 Å². The van der Waals surface area contributed by atoms with Crippen molar-refractivity contribution in [2.24, 2.45) is 0 Å². The lowest BCUT2D eigenvalue weighted by Crippen LogP contribution is -1.97. The molecular formula is C13H12BrClN2O. The van der Waals surface area contributed by atoms with Crippen LogP contribution >= 0.6 is 27.5 Å². The molecule has 0 fully saturated rings. The third-order valence-corrected chi connectivity index (χ3v) is 3.22. The maximum absolute atomic E-state index is 6.16. The van der Waals surface area contributed by atoms with Gasteiger partial charge in [-0.1, -0.05) is 11.6 Å². The van der Waals surface area contributed by atoms with Crippen LogP contribution in [0.4, 0.5) is 11.5 Å². The molecule has 0 unspecified atom stereocenters. The highest BCUT2D eigenvalue weighted by Crippen LogP contribution is 2.30. The number of aryl methyl sites for hydroxylation is 1. The summed E-state index contributed by atoms with van der Waals surface area (Å²) in [6, 6.07) is 7.47. The number of hydrogen-bond acceptors (Lipinski definition) is 3. The van der Waals surface area contributed by atoms with E-state index in [1.165, 1.54) is 0 Å². The molecule has 94 valence electrons. The minimum Gasteiger partial charge on any atom is -0.497 e. The quantitative estimate of drug-likeness (QED) is 0.897. The van der Waals surface area contributed by atoms with Gasteiger partial charge in [0.15, 0.2) is 0 Å². The molecule has 5 heteroatoms. The maximum Gasteiger partial charge on any atom is 0.133 e. The van der Waals surface area contributed by atoms with Crippen LogP contribution < -0.4 is 10.1 Å². The number of hydrogen-bond donors (Lipinski definition) is 1. The molecule has 0 aliphatic carbocycles. The Balaban J connectivity index is 2.28. The van der Waals surface area contributed by atoms with Gasteiger partial charge in [0.05, 0.1) is 17.8 Å². The molecule has 3 nitrogen and oxygen atoms in total. The first-order valence-electron chi connectivity index (χ1n) is 5.33. The summed E-state index contributed by atoms with van der Waals surface area (Å²) in [7, 11) is 1.61. The monoisotopic (exact) mass is 326 g/mol. The van der Waals surface area contributed by atoms with E-state index in [-0.39, 0.29) is 0 Å².